The molecule has 0 aliphatic rings. The Bertz CT molecular complexity index is 496. The molecule has 1 rings (SSSR count). The predicted molar refractivity (Wildman–Crippen MR) is 76.9 cm³/mol. The predicted octanol–water partition coefficient (Wildman–Crippen LogP) is 2.83. The van der Waals surface area contributed by atoms with Crippen molar-refractivity contribution < 1.29 is 19.4 Å². The van der Waals surface area contributed by atoms with E-state index in [4.69, 9.17) is 9.84 Å². The second-order valence-electron chi connectivity index (χ2n) is 4.57. The molecule has 1 amide bonds. The number of carbonyl (C=O) groups is 2. The SMILES string of the molecule is C=C(C)COc1cccc(NC(=O)CCCC(=O)O)c1. The van der Waals surface area contributed by atoms with Crippen LogP contribution in [0.25, 0.3) is 0 Å². The minimum atomic E-state index is -0.895. The Labute approximate surface area is 118 Å². The molecule has 0 radical (unpaired) electrons. The van der Waals surface area contributed by atoms with Gasteiger partial charge in [0.25, 0.3) is 0 Å². The fourth-order valence-corrected chi connectivity index (χ4v) is 1.49. The highest BCUT2D eigenvalue weighted by molar-refractivity contribution is 5.91. The normalized spacial score (nSPS) is 9.85. The number of amides is 1. The average Bonchev–Trinajstić information content (AvgIpc) is 2.36. The Balaban J connectivity index is 2.46. The highest BCUT2D eigenvalue weighted by Gasteiger charge is 2.05. The van der Waals surface area contributed by atoms with Crippen molar-refractivity contribution in [3.63, 3.8) is 0 Å². The van der Waals surface area contributed by atoms with Gasteiger partial charge < -0.3 is 15.2 Å². The Hall–Kier alpha value is -2.30. The summed E-state index contributed by atoms with van der Waals surface area (Å²) in [6.07, 6.45) is 0.505. The van der Waals surface area contributed by atoms with Gasteiger partial charge in [-0.25, -0.2) is 0 Å². The Morgan fingerprint density at radius 3 is 2.75 bits per heavy atom. The third kappa shape index (κ3) is 6.58. The molecule has 20 heavy (non-hydrogen) atoms. The molecule has 0 aliphatic heterocycles. The van der Waals surface area contributed by atoms with Gasteiger partial charge in [-0.2, -0.15) is 0 Å². The van der Waals surface area contributed by atoms with E-state index in [1.165, 1.54) is 0 Å². The van der Waals surface area contributed by atoms with Gasteiger partial charge in [0, 0.05) is 24.6 Å². The molecule has 108 valence electrons. The molecule has 0 heterocycles. The maximum absolute atomic E-state index is 11.6. The van der Waals surface area contributed by atoms with Crippen LogP contribution in [0.4, 0.5) is 5.69 Å². The largest absolute Gasteiger partial charge is 0.489 e. The summed E-state index contributed by atoms with van der Waals surface area (Å²) in [6, 6.07) is 7.05. The van der Waals surface area contributed by atoms with Crippen LogP contribution in [0.3, 0.4) is 0 Å². The van der Waals surface area contributed by atoms with E-state index in [0.29, 0.717) is 24.5 Å². The maximum Gasteiger partial charge on any atom is 0.303 e. The lowest BCUT2D eigenvalue weighted by molar-refractivity contribution is -0.137. The first kappa shape index (κ1) is 15.8. The van der Waals surface area contributed by atoms with Gasteiger partial charge in [0.15, 0.2) is 0 Å². The zero-order valence-electron chi connectivity index (χ0n) is 11.5. The summed E-state index contributed by atoms with van der Waals surface area (Å²) in [4.78, 5) is 22.0. The fraction of sp³-hybridized carbons (Fsp3) is 0.333. The van der Waals surface area contributed by atoms with Crippen molar-refractivity contribution in [1.82, 2.24) is 0 Å². The van der Waals surface area contributed by atoms with E-state index in [0.717, 1.165) is 5.57 Å². The van der Waals surface area contributed by atoms with Gasteiger partial charge in [-0.3, -0.25) is 9.59 Å². The first-order valence-corrected chi connectivity index (χ1v) is 6.36. The Morgan fingerprint density at radius 1 is 1.35 bits per heavy atom. The average molecular weight is 277 g/mol. The van der Waals surface area contributed by atoms with E-state index in [1.54, 1.807) is 24.3 Å². The summed E-state index contributed by atoms with van der Waals surface area (Å²) in [7, 11) is 0. The zero-order valence-corrected chi connectivity index (χ0v) is 11.5. The van der Waals surface area contributed by atoms with Crippen LogP contribution in [0.5, 0.6) is 5.75 Å². The van der Waals surface area contributed by atoms with Crippen LogP contribution in [0.15, 0.2) is 36.4 Å². The van der Waals surface area contributed by atoms with Gasteiger partial charge in [-0.05, 0) is 31.1 Å². The first-order chi connectivity index (χ1) is 9.47. The number of carbonyl (C=O) groups excluding carboxylic acids is 1. The van der Waals surface area contributed by atoms with E-state index in [-0.39, 0.29) is 18.7 Å². The summed E-state index contributed by atoms with van der Waals surface area (Å²) in [5.41, 5.74) is 1.54. The van der Waals surface area contributed by atoms with Gasteiger partial charge >= 0.3 is 5.97 Å². The van der Waals surface area contributed by atoms with Gasteiger partial charge in [0.2, 0.25) is 5.91 Å². The number of carboxylic acids is 1. The minimum absolute atomic E-state index is 0.00478. The van der Waals surface area contributed by atoms with Crippen LogP contribution in [0.2, 0.25) is 0 Å². The smallest absolute Gasteiger partial charge is 0.303 e. The third-order valence-electron chi connectivity index (χ3n) is 2.40. The van der Waals surface area contributed by atoms with Crippen molar-refractivity contribution in [1.29, 1.82) is 0 Å². The molecule has 0 fully saturated rings. The highest BCUT2D eigenvalue weighted by Crippen LogP contribution is 2.18. The number of nitrogens with one attached hydrogen (secondary N) is 1. The van der Waals surface area contributed by atoms with Gasteiger partial charge in [-0.15, -0.1) is 0 Å². The van der Waals surface area contributed by atoms with Crippen molar-refractivity contribution in [2.24, 2.45) is 0 Å². The minimum Gasteiger partial charge on any atom is -0.489 e. The van der Waals surface area contributed by atoms with Crippen LogP contribution >= 0.6 is 0 Å². The fourth-order valence-electron chi connectivity index (χ4n) is 1.49. The van der Waals surface area contributed by atoms with Crippen molar-refractivity contribution >= 4 is 17.6 Å². The van der Waals surface area contributed by atoms with Crippen molar-refractivity contribution in [3.8, 4) is 5.75 Å². The van der Waals surface area contributed by atoms with Gasteiger partial charge in [0.1, 0.15) is 12.4 Å². The lowest BCUT2D eigenvalue weighted by atomic mass is 10.2. The van der Waals surface area contributed by atoms with Crippen molar-refractivity contribution in [3.05, 3.63) is 36.4 Å². The summed E-state index contributed by atoms with van der Waals surface area (Å²) < 4.78 is 5.47. The number of hydrogen-bond acceptors (Lipinski definition) is 3. The molecule has 5 heteroatoms. The van der Waals surface area contributed by atoms with Gasteiger partial charge in [0.05, 0.1) is 0 Å². The van der Waals surface area contributed by atoms with E-state index in [2.05, 4.69) is 11.9 Å². The molecular formula is C15H19NO4. The molecule has 0 unspecified atom stereocenters. The monoisotopic (exact) mass is 277 g/mol. The molecule has 0 saturated carbocycles. The summed E-state index contributed by atoms with van der Waals surface area (Å²) in [5, 5.41) is 11.2. The molecule has 5 nitrogen and oxygen atoms in total. The molecule has 1 aromatic rings. The second kappa shape index (κ2) is 7.99. The van der Waals surface area contributed by atoms with E-state index in [1.807, 2.05) is 6.92 Å². The number of aliphatic carboxylic acids is 1. The van der Waals surface area contributed by atoms with E-state index in [9.17, 15) is 9.59 Å². The number of anilines is 1. The molecule has 0 aliphatic carbocycles. The maximum atomic E-state index is 11.6. The number of ether oxygens (including phenoxy) is 1. The summed E-state index contributed by atoms with van der Waals surface area (Å²) >= 11 is 0. The molecule has 1 aromatic carbocycles. The second-order valence-corrected chi connectivity index (χ2v) is 4.57. The standard InChI is InChI=1S/C15H19NO4/c1-11(2)10-20-13-6-3-5-12(9-13)16-14(17)7-4-8-15(18)19/h3,5-6,9H,1,4,7-8,10H2,2H3,(H,16,17)(H,18,19). The van der Waals surface area contributed by atoms with Crippen LogP contribution < -0.4 is 10.1 Å². The van der Waals surface area contributed by atoms with E-state index < -0.39 is 5.97 Å². The zero-order chi connectivity index (χ0) is 15.0. The molecule has 0 saturated heterocycles. The van der Waals surface area contributed by atoms with Gasteiger partial charge in [-0.1, -0.05) is 12.6 Å². The topological polar surface area (TPSA) is 75.6 Å². The molecule has 0 bridgehead atoms. The molecular weight excluding hydrogens is 258 g/mol. The molecule has 2 N–H and O–H groups in total. The summed E-state index contributed by atoms with van der Waals surface area (Å²) in [6.45, 7) is 6.04. The lowest BCUT2D eigenvalue weighted by Crippen LogP contribution is -2.12. The van der Waals surface area contributed by atoms with Crippen molar-refractivity contribution in [2.45, 2.75) is 26.2 Å². The van der Waals surface area contributed by atoms with E-state index >= 15 is 0 Å². The molecule has 0 atom stereocenters. The van der Waals surface area contributed by atoms with Crippen LogP contribution in [0.1, 0.15) is 26.2 Å². The number of hydrogen-bond donors (Lipinski definition) is 2. The highest BCUT2D eigenvalue weighted by atomic mass is 16.5. The lowest BCUT2D eigenvalue weighted by Gasteiger charge is -2.09. The molecule has 0 aromatic heterocycles. The Morgan fingerprint density at radius 2 is 2.10 bits per heavy atom. The number of rotatable bonds is 8. The number of benzene rings is 1. The summed E-state index contributed by atoms with van der Waals surface area (Å²) in [5.74, 6) is -0.451. The Kier molecular flexibility index (Phi) is 6.29. The molecule has 0 spiro atoms. The number of carboxylic acid groups (broad SMARTS) is 1. The third-order valence-corrected chi connectivity index (χ3v) is 2.40. The van der Waals surface area contributed by atoms with Crippen LogP contribution in [-0.2, 0) is 9.59 Å². The quantitative estimate of drug-likeness (QED) is 0.716. The first-order valence-electron chi connectivity index (χ1n) is 6.36. The van der Waals surface area contributed by atoms with Crippen LogP contribution in [-0.4, -0.2) is 23.6 Å². The van der Waals surface area contributed by atoms with Crippen molar-refractivity contribution in [2.75, 3.05) is 11.9 Å². The van der Waals surface area contributed by atoms with Crippen LogP contribution in [0, 0.1) is 0 Å².